The third-order valence-corrected chi connectivity index (χ3v) is 12.8. The summed E-state index contributed by atoms with van der Waals surface area (Å²) < 4.78 is 16.9. The predicted octanol–water partition coefficient (Wildman–Crippen LogP) is 19.3. The van der Waals surface area contributed by atoms with Crippen molar-refractivity contribution in [1.82, 2.24) is 0 Å². The molecule has 0 N–H and O–H groups in total. The summed E-state index contributed by atoms with van der Waals surface area (Å²) in [4.78, 5) is 38.1. The highest BCUT2D eigenvalue weighted by molar-refractivity contribution is 5.71. The van der Waals surface area contributed by atoms with Crippen molar-refractivity contribution in [3.05, 3.63) is 36.5 Å². The van der Waals surface area contributed by atoms with E-state index in [0.29, 0.717) is 19.3 Å². The Labute approximate surface area is 410 Å². The second-order valence-electron chi connectivity index (χ2n) is 19.5. The van der Waals surface area contributed by atoms with E-state index in [9.17, 15) is 14.4 Å². The molecule has 0 spiro atoms. The van der Waals surface area contributed by atoms with Gasteiger partial charge < -0.3 is 14.2 Å². The minimum Gasteiger partial charge on any atom is -0.462 e. The molecular formula is C60H110O6. The molecule has 0 bridgehead atoms. The lowest BCUT2D eigenvalue weighted by Gasteiger charge is -2.18. The van der Waals surface area contributed by atoms with Crippen molar-refractivity contribution in [2.75, 3.05) is 13.2 Å². The zero-order chi connectivity index (χ0) is 47.9. The van der Waals surface area contributed by atoms with Crippen LogP contribution in [0.2, 0.25) is 0 Å². The van der Waals surface area contributed by atoms with Crippen LogP contribution in [0.5, 0.6) is 0 Å². The van der Waals surface area contributed by atoms with Crippen molar-refractivity contribution in [1.29, 1.82) is 0 Å². The van der Waals surface area contributed by atoms with Gasteiger partial charge in [0.15, 0.2) is 6.10 Å². The lowest BCUT2D eigenvalue weighted by molar-refractivity contribution is -0.167. The monoisotopic (exact) mass is 927 g/mol. The van der Waals surface area contributed by atoms with E-state index in [1.165, 1.54) is 205 Å². The van der Waals surface area contributed by atoms with Crippen LogP contribution in [0.25, 0.3) is 0 Å². The van der Waals surface area contributed by atoms with Crippen LogP contribution in [0, 0.1) is 0 Å². The van der Waals surface area contributed by atoms with Gasteiger partial charge in [-0.15, -0.1) is 0 Å². The van der Waals surface area contributed by atoms with Crippen molar-refractivity contribution in [3.63, 3.8) is 0 Å². The standard InChI is InChI=1S/C60H110O6/c1-4-7-10-13-16-19-22-25-27-29-31-32-35-38-41-44-47-50-53-59(62)65-56-57(55-64-58(61)52-49-46-43-40-37-34-24-21-18-15-12-9-6-3)66-60(63)54-51-48-45-42-39-36-33-30-28-26-23-20-17-14-11-8-5-2/h21,24,26-29,57H,4-20,22-23,25,30-56H2,1-3H3/b24-21-,28-26-,29-27-. The summed E-state index contributed by atoms with van der Waals surface area (Å²) in [5.41, 5.74) is 0. The van der Waals surface area contributed by atoms with Crippen LogP contribution < -0.4 is 0 Å². The fraction of sp³-hybridized carbons (Fsp3) is 0.850. The number of rotatable bonds is 53. The lowest BCUT2D eigenvalue weighted by atomic mass is 10.1. The highest BCUT2D eigenvalue weighted by Crippen LogP contribution is 2.16. The molecule has 0 aromatic carbocycles. The Morgan fingerprint density at radius 1 is 0.288 bits per heavy atom. The molecule has 0 rings (SSSR count). The number of carbonyl (C=O) groups excluding carboxylic acids is 3. The largest absolute Gasteiger partial charge is 0.462 e. The van der Waals surface area contributed by atoms with Crippen LogP contribution in [0.15, 0.2) is 36.5 Å². The van der Waals surface area contributed by atoms with E-state index in [-0.39, 0.29) is 31.1 Å². The molecule has 0 heterocycles. The molecule has 0 amide bonds. The molecule has 0 radical (unpaired) electrons. The van der Waals surface area contributed by atoms with Gasteiger partial charge >= 0.3 is 17.9 Å². The number of allylic oxidation sites excluding steroid dienone is 6. The van der Waals surface area contributed by atoms with E-state index < -0.39 is 6.10 Å². The molecule has 0 aliphatic heterocycles. The smallest absolute Gasteiger partial charge is 0.306 e. The van der Waals surface area contributed by atoms with Crippen molar-refractivity contribution in [3.8, 4) is 0 Å². The minimum atomic E-state index is -0.778. The number of hydrogen-bond donors (Lipinski definition) is 0. The third-order valence-electron chi connectivity index (χ3n) is 12.8. The van der Waals surface area contributed by atoms with E-state index in [4.69, 9.17) is 14.2 Å². The molecule has 0 saturated carbocycles. The Kier molecular flexibility index (Phi) is 53.2. The minimum absolute atomic E-state index is 0.0766. The molecular weight excluding hydrogens is 817 g/mol. The maximum absolute atomic E-state index is 12.8. The highest BCUT2D eigenvalue weighted by Gasteiger charge is 2.19. The number of carbonyl (C=O) groups is 3. The summed E-state index contributed by atoms with van der Waals surface area (Å²) in [6, 6.07) is 0. The lowest BCUT2D eigenvalue weighted by Crippen LogP contribution is -2.30. The van der Waals surface area contributed by atoms with Gasteiger partial charge in [-0.3, -0.25) is 14.4 Å². The van der Waals surface area contributed by atoms with E-state index >= 15 is 0 Å². The summed E-state index contributed by atoms with van der Waals surface area (Å²) in [7, 11) is 0. The molecule has 1 unspecified atom stereocenters. The maximum Gasteiger partial charge on any atom is 0.306 e. The number of esters is 3. The topological polar surface area (TPSA) is 78.9 Å². The first kappa shape index (κ1) is 63.6. The molecule has 6 nitrogen and oxygen atoms in total. The number of ether oxygens (including phenoxy) is 3. The first-order valence-electron chi connectivity index (χ1n) is 29.0. The Morgan fingerprint density at radius 3 is 0.773 bits per heavy atom. The van der Waals surface area contributed by atoms with Gasteiger partial charge in [0, 0.05) is 19.3 Å². The van der Waals surface area contributed by atoms with Gasteiger partial charge in [0.25, 0.3) is 0 Å². The molecule has 386 valence electrons. The van der Waals surface area contributed by atoms with E-state index in [1.807, 2.05) is 0 Å². The van der Waals surface area contributed by atoms with Gasteiger partial charge in [0.2, 0.25) is 0 Å². The van der Waals surface area contributed by atoms with Crippen LogP contribution in [-0.4, -0.2) is 37.2 Å². The molecule has 66 heavy (non-hydrogen) atoms. The van der Waals surface area contributed by atoms with Crippen LogP contribution in [0.4, 0.5) is 0 Å². The zero-order valence-electron chi connectivity index (χ0n) is 44.2. The summed E-state index contributed by atoms with van der Waals surface area (Å²) in [6.45, 7) is 6.64. The second kappa shape index (κ2) is 55.2. The second-order valence-corrected chi connectivity index (χ2v) is 19.5. The quantitative estimate of drug-likeness (QED) is 0.0262. The Morgan fingerprint density at radius 2 is 0.500 bits per heavy atom. The van der Waals surface area contributed by atoms with Crippen molar-refractivity contribution >= 4 is 17.9 Å². The Hall–Kier alpha value is -2.37. The van der Waals surface area contributed by atoms with Gasteiger partial charge in [-0.05, 0) is 96.3 Å². The number of unbranched alkanes of at least 4 members (excludes halogenated alkanes) is 36. The van der Waals surface area contributed by atoms with Gasteiger partial charge in [0.05, 0.1) is 0 Å². The van der Waals surface area contributed by atoms with Gasteiger partial charge in [0.1, 0.15) is 13.2 Å². The average molecular weight is 928 g/mol. The predicted molar refractivity (Wildman–Crippen MR) is 284 cm³/mol. The average Bonchev–Trinajstić information content (AvgIpc) is 3.31. The Balaban J connectivity index is 4.35. The molecule has 0 aromatic rings. The SMILES string of the molecule is CCCCCC/C=C\CCCCCCCC(=O)OCC(COC(=O)CCCCCCCCC/C=C\CCCCCCCCC)OC(=O)CCCCCCCCC/C=C\CCCCCCCC. The molecule has 0 aromatic heterocycles. The van der Waals surface area contributed by atoms with E-state index in [2.05, 4.69) is 57.2 Å². The van der Waals surface area contributed by atoms with E-state index in [1.54, 1.807) is 0 Å². The fourth-order valence-electron chi connectivity index (χ4n) is 8.43. The van der Waals surface area contributed by atoms with Crippen molar-refractivity contribution in [2.24, 2.45) is 0 Å². The summed E-state index contributed by atoms with van der Waals surface area (Å²) in [5.74, 6) is -0.879. The number of hydrogen-bond acceptors (Lipinski definition) is 6. The first-order valence-corrected chi connectivity index (χ1v) is 29.0. The first-order chi connectivity index (χ1) is 32.5. The van der Waals surface area contributed by atoms with Crippen molar-refractivity contribution < 1.29 is 28.6 Å². The molecule has 0 fully saturated rings. The van der Waals surface area contributed by atoms with Crippen molar-refractivity contribution in [2.45, 2.75) is 316 Å². The molecule has 0 saturated heterocycles. The fourth-order valence-corrected chi connectivity index (χ4v) is 8.43. The molecule has 0 aliphatic carbocycles. The summed E-state index contributed by atoms with van der Waals surface area (Å²) >= 11 is 0. The molecule has 1 atom stereocenters. The maximum atomic E-state index is 12.8. The highest BCUT2D eigenvalue weighted by atomic mass is 16.6. The molecule has 0 aliphatic rings. The zero-order valence-corrected chi connectivity index (χ0v) is 44.2. The van der Waals surface area contributed by atoms with Crippen LogP contribution >= 0.6 is 0 Å². The van der Waals surface area contributed by atoms with E-state index in [0.717, 1.165) is 64.2 Å². The summed E-state index contributed by atoms with van der Waals surface area (Å²) in [5, 5.41) is 0. The van der Waals surface area contributed by atoms with Gasteiger partial charge in [-0.1, -0.05) is 231 Å². The van der Waals surface area contributed by atoms with Gasteiger partial charge in [-0.25, -0.2) is 0 Å². The summed E-state index contributed by atoms with van der Waals surface area (Å²) in [6.07, 6.45) is 65.6. The van der Waals surface area contributed by atoms with Gasteiger partial charge in [-0.2, -0.15) is 0 Å². The Bertz CT molecular complexity index is 1110. The van der Waals surface area contributed by atoms with Crippen LogP contribution in [0.3, 0.4) is 0 Å². The normalized spacial score (nSPS) is 12.2. The van der Waals surface area contributed by atoms with Crippen LogP contribution in [-0.2, 0) is 28.6 Å². The third kappa shape index (κ3) is 52.6. The molecule has 6 heteroatoms. The van der Waals surface area contributed by atoms with Crippen LogP contribution in [0.1, 0.15) is 310 Å².